The van der Waals surface area contributed by atoms with E-state index < -0.39 is 6.04 Å². The summed E-state index contributed by atoms with van der Waals surface area (Å²) in [5, 5.41) is 0. The molecule has 0 aliphatic heterocycles. The van der Waals surface area contributed by atoms with Gasteiger partial charge in [-0.25, -0.2) is 0 Å². The van der Waals surface area contributed by atoms with E-state index in [1.54, 1.807) is 0 Å². The second-order valence-electron chi connectivity index (χ2n) is 2.23. The standard InChI is InChI=1S/C5H10BrNO/c1-5(2,6)4(7)3-8/h3-4H,7H2,1-2H3. The molecule has 0 aromatic heterocycles. The molecule has 1 atom stereocenters. The van der Waals surface area contributed by atoms with Gasteiger partial charge in [0.15, 0.2) is 0 Å². The summed E-state index contributed by atoms with van der Waals surface area (Å²) in [6, 6.07) is -0.414. The maximum Gasteiger partial charge on any atom is 0.138 e. The van der Waals surface area contributed by atoms with Gasteiger partial charge in [0.05, 0.1) is 6.04 Å². The fraction of sp³-hybridized carbons (Fsp3) is 0.800. The quantitative estimate of drug-likeness (QED) is 0.501. The summed E-state index contributed by atoms with van der Waals surface area (Å²) in [4.78, 5) is 10.00. The molecule has 8 heavy (non-hydrogen) atoms. The average Bonchev–Trinajstić information content (AvgIpc) is 1.62. The lowest BCUT2D eigenvalue weighted by Crippen LogP contribution is -2.39. The molecule has 48 valence electrons. The maximum absolute atomic E-state index is 10.00. The molecule has 0 aromatic carbocycles. The third-order valence-electron chi connectivity index (χ3n) is 0.939. The molecule has 0 heterocycles. The highest BCUT2D eigenvalue weighted by atomic mass is 79.9. The van der Waals surface area contributed by atoms with Crippen molar-refractivity contribution in [1.82, 2.24) is 0 Å². The summed E-state index contributed by atoms with van der Waals surface area (Å²) in [6.07, 6.45) is 0.731. The smallest absolute Gasteiger partial charge is 0.138 e. The monoisotopic (exact) mass is 179 g/mol. The molecule has 0 aliphatic rings. The summed E-state index contributed by atoms with van der Waals surface area (Å²) in [7, 11) is 0. The highest BCUT2D eigenvalue weighted by Crippen LogP contribution is 2.17. The van der Waals surface area contributed by atoms with Crippen molar-refractivity contribution in [3.8, 4) is 0 Å². The third kappa shape index (κ3) is 2.43. The Morgan fingerprint density at radius 1 is 1.75 bits per heavy atom. The number of rotatable bonds is 2. The van der Waals surface area contributed by atoms with Gasteiger partial charge in [-0.05, 0) is 13.8 Å². The van der Waals surface area contributed by atoms with Crippen molar-refractivity contribution in [2.45, 2.75) is 24.2 Å². The van der Waals surface area contributed by atoms with E-state index in [1.807, 2.05) is 13.8 Å². The van der Waals surface area contributed by atoms with Crippen LogP contribution >= 0.6 is 15.9 Å². The first kappa shape index (κ1) is 8.11. The van der Waals surface area contributed by atoms with E-state index in [4.69, 9.17) is 5.73 Å². The molecule has 0 amide bonds. The van der Waals surface area contributed by atoms with E-state index in [0.29, 0.717) is 0 Å². The Balaban J connectivity index is 3.80. The van der Waals surface area contributed by atoms with Crippen LogP contribution in [0.4, 0.5) is 0 Å². The lowest BCUT2D eigenvalue weighted by atomic mass is 10.1. The van der Waals surface area contributed by atoms with Crippen LogP contribution in [0, 0.1) is 0 Å². The Labute approximate surface area is 57.6 Å². The number of halogens is 1. The van der Waals surface area contributed by atoms with Crippen LogP contribution in [0.1, 0.15) is 13.8 Å². The molecule has 0 bridgehead atoms. The normalized spacial score (nSPS) is 15.5. The number of carbonyl (C=O) groups excluding carboxylic acids is 1. The molecule has 0 radical (unpaired) electrons. The first-order chi connectivity index (χ1) is 3.48. The Morgan fingerprint density at radius 2 is 2.12 bits per heavy atom. The largest absolute Gasteiger partial charge is 0.321 e. The van der Waals surface area contributed by atoms with Gasteiger partial charge in [0, 0.05) is 4.32 Å². The molecule has 0 saturated heterocycles. The molecule has 0 aliphatic carbocycles. The SMILES string of the molecule is CC(C)(Br)C(N)C=O. The lowest BCUT2D eigenvalue weighted by Gasteiger charge is -2.18. The zero-order chi connectivity index (χ0) is 6.78. The Kier molecular flexibility index (Phi) is 2.63. The van der Waals surface area contributed by atoms with Crippen LogP contribution in [0.15, 0.2) is 0 Å². The zero-order valence-electron chi connectivity index (χ0n) is 5.02. The lowest BCUT2D eigenvalue weighted by molar-refractivity contribution is -0.109. The van der Waals surface area contributed by atoms with E-state index in [9.17, 15) is 4.79 Å². The van der Waals surface area contributed by atoms with Crippen LogP contribution in [0.2, 0.25) is 0 Å². The minimum Gasteiger partial charge on any atom is -0.321 e. The second-order valence-corrected chi connectivity index (χ2v) is 4.27. The summed E-state index contributed by atoms with van der Waals surface area (Å²) in [5.74, 6) is 0. The van der Waals surface area contributed by atoms with Crippen molar-refractivity contribution in [3.63, 3.8) is 0 Å². The van der Waals surface area contributed by atoms with E-state index in [2.05, 4.69) is 15.9 Å². The molecule has 0 rings (SSSR count). The van der Waals surface area contributed by atoms with Crippen LogP contribution < -0.4 is 5.73 Å². The predicted octanol–water partition coefficient (Wildman–Crippen LogP) is 0.686. The number of aldehydes is 1. The van der Waals surface area contributed by atoms with Gasteiger partial charge in [-0.1, -0.05) is 15.9 Å². The van der Waals surface area contributed by atoms with Gasteiger partial charge >= 0.3 is 0 Å². The first-order valence-electron chi connectivity index (χ1n) is 2.38. The molecular weight excluding hydrogens is 170 g/mol. The summed E-state index contributed by atoms with van der Waals surface area (Å²) >= 11 is 3.25. The number of alkyl halides is 1. The summed E-state index contributed by atoms with van der Waals surface area (Å²) < 4.78 is -0.269. The second kappa shape index (κ2) is 2.60. The van der Waals surface area contributed by atoms with Crippen molar-refractivity contribution >= 4 is 22.2 Å². The van der Waals surface area contributed by atoms with Crippen LogP contribution in [0.25, 0.3) is 0 Å². The van der Waals surface area contributed by atoms with Gasteiger partial charge in [0.25, 0.3) is 0 Å². The van der Waals surface area contributed by atoms with Crippen LogP contribution in [-0.2, 0) is 4.79 Å². The van der Waals surface area contributed by atoms with E-state index >= 15 is 0 Å². The average molecular weight is 180 g/mol. The van der Waals surface area contributed by atoms with Crippen molar-refractivity contribution in [3.05, 3.63) is 0 Å². The maximum atomic E-state index is 10.00. The molecule has 0 aromatic rings. The Bertz CT molecular complexity index is 86.9. The van der Waals surface area contributed by atoms with E-state index in [-0.39, 0.29) is 4.32 Å². The van der Waals surface area contributed by atoms with Crippen molar-refractivity contribution < 1.29 is 4.79 Å². The highest BCUT2D eigenvalue weighted by Gasteiger charge is 2.21. The Hall–Kier alpha value is 0.110. The molecule has 2 N–H and O–H groups in total. The molecule has 3 heteroatoms. The summed E-state index contributed by atoms with van der Waals surface area (Å²) in [5.41, 5.74) is 5.34. The van der Waals surface area contributed by atoms with Crippen LogP contribution in [0.5, 0.6) is 0 Å². The van der Waals surface area contributed by atoms with E-state index in [1.165, 1.54) is 0 Å². The Morgan fingerprint density at radius 3 is 2.12 bits per heavy atom. The van der Waals surface area contributed by atoms with Gasteiger partial charge in [-0.2, -0.15) is 0 Å². The number of nitrogens with two attached hydrogens (primary N) is 1. The van der Waals surface area contributed by atoms with Gasteiger partial charge in [0.1, 0.15) is 6.29 Å². The van der Waals surface area contributed by atoms with Crippen molar-refractivity contribution in [2.24, 2.45) is 5.73 Å². The molecule has 1 unspecified atom stereocenters. The fourth-order valence-corrected chi connectivity index (χ4v) is 0.270. The van der Waals surface area contributed by atoms with Gasteiger partial charge < -0.3 is 10.5 Å². The van der Waals surface area contributed by atoms with Gasteiger partial charge in [0.2, 0.25) is 0 Å². The van der Waals surface area contributed by atoms with Crippen molar-refractivity contribution in [1.29, 1.82) is 0 Å². The third-order valence-corrected chi connectivity index (χ3v) is 1.47. The van der Waals surface area contributed by atoms with E-state index in [0.717, 1.165) is 6.29 Å². The molecule has 0 spiro atoms. The minimum absolute atomic E-state index is 0.269. The number of hydrogen-bond donors (Lipinski definition) is 1. The minimum atomic E-state index is -0.414. The molecule has 2 nitrogen and oxygen atoms in total. The van der Waals surface area contributed by atoms with Gasteiger partial charge in [-0.3, -0.25) is 0 Å². The van der Waals surface area contributed by atoms with Crippen LogP contribution in [0.3, 0.4) is 0 Å². The topological polar surface area (TPSA) is 43.1 Å². The molecule has 0 saturated carbocycles. The number of carbonyl (C=O) groups is 1. The molecule has 0 fully saturated rings. The van der Waals surface area contributed by atoms with Crippen molar-refractivity contribution in [2.75, 3.05) is 0 Å². The van der Waals surface area contributed by atoms with Gasteiger partial charge in [-0.15, -0.1) is 0 Å². The zero-order valence-corrected chi connectivity index (χ0v) is 6.60. The molecular formula is C5H10BrNO. The fourth-order valence-electron chi connectivity index (χ4n) is 0.162. The predicted molar refractivity (Wildman–Crippen MR) is 37.0 cm³/mol. The highest BCUT2D eigenvalue weighted by molar-refractivity contribution is 9.10. The number of hydrogen-bond acceptors (Lipinski definition) is 2. The first-order valence-corrected chi connectivity index (χ1v) is 3.17. The van der Waals surface area contributed by atoms with Crippen LogP contribution in [-0.4, -0.2) is 16.7 Å². The summed E-state index contributed by atoms with van der Waals surface area (Å²) in [6.45, 7) is 3.71.